The van der Waals surface area contributed by atoms with Gasteiger partial charge in [0.2, 0.25) is 11.8 Å². The molecule has 0 radical (unpaired) electrons. The molecule has 3 rings (SSSR count). The highest BCUT2D eigenvalue weighted by Gasteiger charge is 2.33. The molecule has 1 aromatic carbocycles. The van der Waals surface area contributed by atoms with Crippen molar-refractivity contribution in [3.63, 3.8) is 0 Å². The van der Waals surface area contributed by atoms with E-state index in [1.165, 1.54) is 23.1 Å². The number of carboxylic acids is 1. The van der Waals surface area contributed by atoms with Crippen molar-refractivity contribution < 1.29 is 19.5 Å². The monoisotopic (exact) mass is 431 g/mol. The van der Waals surface area contributed by atoms with Crippen molar-refractivity contribution in [2.45, 2.75) is 29.9 Å². The second-order valence-corrected chi connectivity index (χ2v) is 8.90. The number of anilines is 2. The zero-order valence-electron chi connectivity index (χ0n) is 15.7. The van der Waals surface area contributed by atoms with Crippen LogP contribution in [0.1, 0.15) is 19.8 Å². The number of aliphatic carboxylic acids is 1. The molecule has 152 valence electrons. The molecule has 29 heavy (non-hydrogen) atoms. The average Bonchev–Trinajstić information content (AvgIpc) is 3.22. The fourth-order valence-electron chi connectivity index (χ4n) is 2.98. The molecule has 0 spiro atoms. The number of amides is 2. The fourth-order valence-corrected chi connectivity index (χ4v) is 4.38. The average molecular weight is 432 g/mol. The second kappa shape index (κ2) is 9.71. The molecule has 1 aliphatic rings. The summed E-state index contributed by atoms with van der Waals surface area (Å²) >= 11 is 2.76. The van der Waals surface area contributed by atoms with Crippen LogP contribution in [0.15, 0.2) is 52.9 Å². The van der Waals surface area contributed by atoms with Crippen LogP contribution >= 0.6 is 23.1 Å². The molecule has 3 unspecified atom stereocenters. The van der Waals surface area contributed by atoms with Crippen molar-refractivity contribution in [3.8, 4) is 0 Å². The van der Waals surface area contributed by atoms with Crippen LogP contribution in [0.5, 0.6) is 0 Å². The van der Waals surface area contributed by atoms with E-state index in [2.05, 4.69) is 15.6 Å². The molecule has 0 saturated heterocycles. The number of hydrogen-bond acceptors (Lipinski definition) is 6. The zero-order chi connectivity index (χ0) is 20.8. The number of carbonyl (C=O) groups is 3. The van der Waals surface area contributed by atoms with Crippen LogP contribution in [0, 0.1) is 11.8 Å². The Bertz CT molecular complexity index is 897. The van der Waals surface area contributed by atoms with Gasteiger partial charge >= 0.3 is 5.97 Å². The first-order valence-corrected chi connectivity index (χ1v) is 10.9. The number of hydrogen-bond donors (Lipinski definition) is 3. The van der Waals surface area contributed by atoms with Crippen LogP contribution in [-0.4, -0.2) is 33.1 Å². The summed E-state index contributed by atoms with van der Waals surface area (Å²) in [5, 5.41) is 16.9. The molecule has 1 aromatic heterocycles. The third-order valence-electron chi connectivity index (χ3n) is 4.55. The lowest BCUT2D eigenvalue weighted by molar-refractivity contribution is -0.146. The quantitative estimate of drug-likeness (QED) is 0.454. The maximum atomic E-state index is 12.5. The van der Waals surface area contributed by atoms with Gasteiger partial charge in [0.05, 0.1) is 17.1 Å². The molecule has 0 bridgehead atoms. The molecule has 7 nitrogen and oxygen atoms in total. The first kappa shape index (κ1) is 21.1. The first-order valence-electron chi connectivity index (χ1n) is 9.10. The molecular weight excluding hydrogens is 410 g/mol. The minimum absolute atomic E-state index is 0.132. The van der Waals surface area contributed by atoms with Crippen LogP contribution < -0.4 is 10.6 Å². The Morgan fingerprint density at radius 1 is 1.14 bits per heavy atom. The maximum absolute atomic E-state index is 12.5. The molecule has 2 amide bonds. The number of rotatable bonds is 7. The third kappa shape index (κ3) is 5.68. The number of thiazole rings is 1. The Balaban J connectivity index is 1.55. The summed E-state index contributed by atoms with van der Waals surface area (Å²) in [5.41, 5.74) is 0.595. The molecule has 0 saturated carbocycles. The molecular formula is C20H21N3O4S2. The van der Waals surface area contributed by atoms with E-state index in [1.807, 2.05) is 25.1 Å². The van der Waals surface area contributed by atoms with Crippen LogP contribution in [-0.2, 0) is 14.4 Å². The summed E-state index contributed by atoms with van der Waals surface area (Å²) in [5.74, 6) is -2.66. The molecule has 3 N–H and O–H groups in total. The van der Waals surface area contributed by atoms with Gasteiger partial charge in [-0.05, 0) is 44.0 Å². The lowest BCUT2D eigenvalue weighted by atomic mass is 9.82. The normalized spacial score (nSPS) is 19.3. The molecule has 0 fully saturated rings. The SMILES string of the molecule is CC(Sc1ccc(NC(=O)C2CC=CCC2C(=O)O)cc1)C(=O)Nc1nccs1. The number of carboxylic acid groups (broad SMARTS) is 1. The summed E-state index contributed by atoms with van der Waals surface area (Å²) in [6.07, 6.45) is 6.07. The van der Waals surface area contributed by atoms with Crippen LogP contribution in [0.4, 0.5) is 10.8 Å². The first-order chi connectivity index (χ1) is 13.9. The smallest absolute Gasteiger partial charge is 0.307 e. The van der Waals surface area contributed by atoms with E-state index in [4.69, 9.17) is 0 Å². The highest BCUT2D eigenvalue weighted by Crippen LogP contribution is 2.29. The largest absolute Gasteiger partial charge is 0.481 e. The van der Waals surface area contributed by atoms with E-state index >= 15 is 0 Å². The zero-order valence-corrected chi connectivity index (χ0v) is 17.3. The molecule has 9 heteroatoms. The Morgan fingerprint density at radius 3 is 2.45 bits per heavy atom. The summed E-state index contributed by atoms with van der Waals surface area (Å²) in [7, 11) is 0. The van der Waals surface area contributed by atoms with Crippen molar-refractivity contribution in [2.75, 3.05) is 10.6 Å². The van der Waals surface area contributed by atoms with E-state index < -0.39 is 17.8 Å². The number of aromatic nitrogens is 1. The lowest BCUT2D eigenvalue weighted by Gasteiger charge is -2.24. The van der Waals surface area contributed by atoms with E-state index in [0.717, 1.165) is 4.90 Å². The Kier molecular flexibility index (Phi) is 7.05. The van der Waals surface area contributed by atoms with Crippen LogP contribution in [0.3, 0.4) is 0 Å². The highest BCUT2D eigenvalue weighted by atomic mass is 32.2. The molecule has 0 aliphatic heterocycles. The van der Waals surface area contributed by atoms with Crippen molar-refractivity contribution in [2.24, 2.45) is 11.8 Å². The molecule has 3 atom stereocenters. The number of nitrogens with zero attached hydrogens (tertiary/aromatic N) is 1. The van der Waals surface area contributed by atoms with E-state index in [9.17, 15) is 19.5 Å². The van der Waals surface area contributed by atoms with Gasteiger partial charge in [-0.1, -0.05) is 12.2 Å². The van der Waals surface area contributed by atoms with E-state index in [1.54, 1.807) is 29.8 Å². The predicted octanol–water partition coefficient (Wildman–Crippen LogP) is 3.87. The van der Waals surface area contributed by atoms with Gasteiger partial charge in [-0.25, -0.2) is 4.98 Å². The standard InChI is InChI=1S/C20H21N3O4S2/c1-12(17(24)23-20-21-10-11-28-20)29-14-8-6-13(7-9-14)22-18(25)15-4-2-3-5-16(15)19(26)27/h2-3,6-12,15-16H,4-5H2,1H3,(H,22,25)(H,26,27)(H,21,23,24). The number of nitrogens with one attached hydrogen (secondary N) is 2. The van der Waals surface area contributed by atoms with Crippen molar-refractivity contribution in [3.05, 3.63) is 48.0 Å². The highest BCUT2D eigenvalue weighted by molar-refractivity contribution is 8.00. The summed E-state index contributed by atoms with van der Waals surface area (Å²) in [4.78, 5) is 41.0. The van der Waals surface area contributed by atoms with Crippen LogP contribution in [0.2, 0.25) is 0 Å². The van der Waals surface area contributed by atoms with Gasteiger partial charge in [0, 0.05) is 22.2 Å². The van der Waals surface area contributed by atoms with Crippen LogP contribution in [0.25, 0.3) is 0 Å². The molecule has 2 aromatic rings. The second-order valence-electron chi connectivity index (χ2n) is 6.59. The van der Waals surface area contributed by atoms with E-state index in [-0.39, 0.29) is 17.1 Å². The van der Waals surface area contributed by atoms with Gasteiger partial charge in [0.1, 0.15) is 0 Å². The van der Waals surface area contributed by atoms with Crippen molar-refractivity contribution in [1.29, 1.82) is 0 Å². The predicted molar refractivity (Wildman–Crippen MR) is 114 cm³/mol. The lowest BCUT2D eigenvalue weighted by Crippen LogP contribution is -2.34. The third-order valence-corrected chi connectivity index (χ3v) is 6.35. The van der Waals surface area contributed by atoms with Gasteiger partial charge in [-0.15, -0.1) is 23.1 Å². The van der Waals surface area contributed by atoms with Gasteiger partial charge in [0.15, 0.2) is 5.13 Å². The summed E-state index contributed by atoms with van der Waals surface area (Å²) in [6, 6.07) is 7.14. The van der Waals surface area contributed by atoms with Gasteiger partial charge in [0.25, 0.3) is 0 Å². The maximum Gasteiger partial charge on any atom is 0.307 e. The molecule has 1 heterocycles. The Hall–Kier alpha value is -2.65. The van der Waals surface area contributed by atoms with Crippen molar-refractivity contribution >= 4 is 51.7 Å². The van der Waals surface area contributed by atoms with Gasteiger partial charge < -0.3 is 15.7 Å². The van der Waals surface area contributed by atoms with Gasteiger partial charge in [-0.2, -0.15) is 0 Å². The number of carbonyl (C=O) groups excluding carboxylic acids is 2. The Morgan fingerprint density at radius 2 is 1.83 bits per heavy atom. The topological polar surface area (TPSA) is 108 Å². The fraction of sp³-hybridized carbons (Fsp3) is 0.300. The number of thioether (sulfide) groups is 1. The number of benzene rings is 1. The Labute approximate surface area is 176 Å². The minimum Gasteiger partial charge on any atom is -0.481 e. The summed E-state index contributed by atoms with van der Waals surface area (Å²) < 4.78 is 0. The summed E-state index contributed by atoms with van der Waals surface area (Å²) in [6.45, 7) is 1.81. The molecule has 1 aliphatic carbocycles. The minimum atomic E-state index is -0.953. The van der Waals surface area contributed by atoms with Gasteiger partial charge in [-0.3, -0.25) is 14.4 Å². The van der Waals surface area contributed by atoms with E-state index in [0.29, 0.717) is 23.7 Å². The van der Waals surface area contributed by atoms with Crippen molar-refractivity contribution in [1.82, 2.24) is 4.98 Å². The number of allylic oxidation sites excluding steroid dienone is 2.